The fraction of sp³-hybridized carbons (Fsp3) is 0.280. The quantitative estimate of drug-likeness (QED) is 0.434. The summed E-state index contributed by atoms with van der Waals surface area (Å²) >= 11 is 0. The monoisotopic (exact) mass is 419 g/mol. The Morgan fingerprint density at radius 3 is 2.48 bits per heavy atom. The summed E-state index contributed by atoms with van der Waals surface area (Å²) < 4.78 is 18.2. The Hall–Kier alpha value is -3.54. The topological polar surface area (TPSA) is 66.8 Å². The summed E-state index contributed by atoms with van der Waals surface area (Å²) in [7, 11) is 0. The second kappa shape index (κ2) is 8.30. The van der Waals surface area contributed by atoms with Gasteiger partial charge in [0.2, 0.25) is 12.6 Å². The lowest BCUT2D eigenvalue weighted by Gasteiger charge is -2.11. The van der Waals surface area contributed by atoms with Crippen molar-refractivity contribution in [3.8, 4) is 11.5 Å². The number of benzene rings is 2. The van der Waals surface area contributed by atoms with Crippen LogP contribution in [0, 0.1) is 27.7 Å². The first kappa shape index (κ1) is 20.7. The molecule has 4 rings (SSSR count). The maximum absolute atomic E-state index is 12.8. The van der Waals surface area contributed by atoms with E-state index in [1.807, 2.05) is 58.0 Å². The number of esters is 1. The SMILES string of the molecule is Cc1ccc(C(=O)OCC(=O)c2cc(C)n(Cc3ccc4c(c3)OCO4)c2C)cc1C. The predicted molar refractivity (Wildman–Crippen MR) is 116 cm³/mol. The van der Waals surface area contributed by atoms with Crippen LogP contribution in [0.2, 0.25) is 0 Å². The zero-order chi connectivity index (χ0) is 22.1. The third-order valence-corrected chi connectivity index (χ3v) is 5.73. The molecule has 0 radical (unpaired) electrons. The van der Waals surface area contributed by atoms with E-state index in [1.165, 1.54) is 0 Å². The highest BCUT2D eigenvalue weighted by Gasteiger charge is 2.19. The zero-order valence-electron chi connectivity index (χ0n) is 18.2. The highest BCUT2D eigenvalue weighted by molar-refractivity contribution is 6.00. The number of aryl methyl sites for hydroxylation is 3. The molecule has 6 nitrogen and oxygen atoms in total. The summed E-state index contributed by atoms with van der Waals surface area (Å²) in [4.78, 5) is 25.1. The molecule has 2 aromatic carbocycles. The van der Waals surface area contributed by atoms with Gasteiger partial charge in [0.1, 0.15) is 0 Å². The van der Waals surface area contributed by atoms with Crippen molar-refractivity contribution < 1.29 is 23.8 Å². The standard InChI is InChI=1S/C25H25NO5/c1-15-5-7-20(9-16(15)2)25(28)29-13-22(27)21-10-17(3)26(18(21)4)12-19-6-8-23-24(11-19)31-14-30-23/h5-11H,12-14H2,1-4H3. The van der Waals surface area contributed by atoms with E-state index < -0.39 is 5.97 Å². The first-order chi connectivity index (χ1) is 14.8. The number of ether oxygens (including phenoxy) is 3. The molecule has 0 fully saturated rings. The van der Waals surface area contributed by atoms with E-state index in [2.05, 4.69) is 4.57 Å². The van der Waals surface area contributed by atoms with Crippen LogP contribution in [0.1, 0.15) is 48.8 Å². The lowest BCUT2D eigenvalue weighted by molar-refractivity contribution is 0.0474. The molecule has 1 aliphatic heterocycles. The van der Waals surface area contributed by atoms with Gasteiger partial charge in [-0.25, -0.2) is 4.79 Å². The van der Waals surface area contributed by atoms with Gasteiger partial charge in [0.25, 0.3) is 0 Å². The molecule has 0 bridgehead atoms. The van der Waals surface area contributed by atoms with Gasteiger partial charge in [0, 0.05) is 23.5 Å². The van der Waals surface area contributed by atoms with Gasteiger partial charge in [-0.3, -0.25) is 4.79 Å². The summed E-state index contributed by atoms with van der Waals surface area (Å²) in [6.45, 7) is 8.32. The van der Waals surface area contributed by atoms with Crippen molar-refractivity contribution in [1.29, 1.82) is 0 Å². The largest absolute Gasteiger partial charge is 0.454 e. The van der Waals surface area contributed by atoms with Gasteiger partial charge in [-0.2, -0.15) is 0 Å². The molecule has 1 aromatic heterocycles. The molecule has 0 amide bonds. The van der Waals surface area contributed by atoms with Crippen LogP contribution in [0.3, 0.4) is 0 Å². The van der Waals surface area contributed by atoms with E-state index >= 15 is 0 Å². The minimum Gasteiger partial charge on any atom is -0.454 e. The smallest absolute Gasteiger partial charge is 0.338 e. The number of carbonyl (C=O) groups excluding carboxylic acids is 2. The number of fused-ring (bicyclic) bond motifs is 1. The first-order valence-corrected chi connectivity index (χ1v) is 10.2. The maximum atomic E-state index is 12.8. The lowest BCUT2D eigenvalue weighted by atomic mass is 10.1. The number of hydrogen-bond donors (Lipinski definition) is 0. The minimum atomic E-state index is -0.495. The van der Waals surface area contributed by atoms with Crippen LogP contribution < -0.4 is 9.47 Å². The van der Waals surface area contributed by atoms with Gasteiger partial charge in [-0.15, -0.1) is 0 Å². The molecule has 0 N–H and O–H groups in total. The van der Waals surface area contributed by atoms with Crippen LogP contribution in [0.25, 0.3) is 0 Å². The van der Waals surface area contributed by atoms with Crippen molar-refractivity contribution in [2.75, 3.05) is 13.4 Å². The molecular formula is C25H25NO5. The van der Waals surface area contributed by atoms with Gasteiger partial charge in [0.05, 0.1) is 5.56 Å². The Bertz CT molecular complexity index is 1170. The Balaban J connectivity index is 1.45. The Morgan fingerprint density at radius 1 is 0.935 bits per heavy atom. The molecule has 6 heteroatoms. The third kappa shape index (κ3) is 4.19. The highest BCUT2D eigenvalue weighted by atomic mass is 16.7. The number of nitrogens with zero attached hydrogens (tertiary/aromatic N) is 1. The molecule has 0 spiro atoms. The van der Waals surface area contributed by atoms with Crippen LogP contribution in [-0.2, 0) is 11.3 Å². The van der Waals surface area contributed by atoms with Crippen molar-refractivity contribution >= 4 is 11.8 Å². The van der Waals surface area contributed by atoms with Gasteiger partial charge < -0.3 is 18.8 Å². The van der Waals surface area contributed by atoms with Crippen LogP contribution in [0.15, 0.2) is 42.5 Å². The lowest BCUT2D eigenvalue weighted by Crippen LogP contribution is -2.15. The van der Waals surface area contributed by atoms with E-state index in [1.54, 1.807) is 12.1 Å². The average Bonchev–Trinajstić information content (AvgIpc) is 3.33. The van der Waals surface area contributed by atoms with E-state index in [-0.39, 0.29) is 19.2 Å². The van der Waals surface area contributed by atoms with E-state index in [4.69, 9.17) is 14.2 Å². The van der Waals surface area contributed by atoms with Crippen LogP contribution in [-0.4, -0.2) is 29.7 Å². The molecule has 2 heterocycles. The van der Waals surface area contributed by atoms with Gasteiger partial charge >= 0.3 is 5.97 Å². The van der Waals surface area contributed by atoms with Crippen LogP contribution >= 0.6 is 0 Å². The van der Waals surface area contributed by atoms with E-state index in [0.717, 1.165) is 39.6 Å². The molecule has 0 atom stereocenters. The molecule has 0 aliphatic carbocycles. The molecule has 0 saturated heterocycles. The highest BCUT2D eigenvalue weighted by Crippen LogP contribution is 2.33. The number of hydrogen-bond acceptors (Lipinski definition) is 5. The number of aromatic nitrogens is 1. The Labute approximate surface area is 181 Å². The van der Waals surface area contributed by atoms with Crippen LogP contribution in [0.5, 0.6) is 11.5 Å². The Morgan fingerprint density at radius 2 is 1.71 bits per heavy atom. The number of rotatable bonds is 6. The Kier molecular flexibility index (Phi) is 5.55. The minimum absolute atomic E-state index is 0.220. The van der Waals surface area contributed by atoms with Crippen molar-refractivity contribution in [2.45, 2.75) is 34.2 Å². The molecule has 0 saturated carbocycles. The van der Waals surface area contributed by atoms with E-state index in [9.17, 15) is 9.59 Å². The normalized spacial score (nSPS) is 12.1. The summed E-state index contributed by atoms with van der Waals surface area (Å²) in [6, 6.07) is 13.0. The third-order valence-electron chi connectivity index (χ3n) is 5.73. The van der Waals surface area contributed by atoms with Crippen molar-refractivity contribution in [2.24, 2.45) is 0 Å². The zero-order valence-corrected chi connectivity index (χ0v) is 18.2. The summed E-state index contributed by atoms with van der Waals surface area (Å²) in [6.07, 6.45) is 0. The number of carbonyl (C=O) groups is 2. The molecule has 31 heavy (non-hydrogen) atoms. The van der Waals surface area contributed by atoms with Crippen molar-refractivity contribution in [1.82, 2.24) is 4.57 Å². The van der Waals surface area contributed by atoms with Gasteiger partial charge in [-0.1, -0.05) is 12.1 Å². The maximum Gasteiger partial charge on any atom is 0.338 e. The average molecular weight is 419 g/mol. The second-order valence-corrected chi connectivity index (χ2v) is 7.86. The van der Waals surface area contributed by atoms with Crippen LogP contribution in [0.4, 0.5) is 0 Å². The van der Waals surface area contributed by atoms with Gasteiger partial charge in [0.15, 0.2) is 18.1 Å². The van der Waals surface area contributed by atoms with Gasteiger partial charge in [-0.05, 0) is 74.7 Å². The first-order valence-electron chi connectivity index (χ1n) is 10.2. The van der Waals surface area contributed by atoms with E-state index in [0.29, 0.717) is 17.7 Å². The fourth-order valence-corrected chi connectivity index (χ4v) is 3.71. The molecule has 3 aromatic rings. The van der Waals surface area contributed by atoms with Crippen molar-refractivity contribution in [3.63, 3.8) is 0 Å². The fourth-order valence-electron chi connectivity index (χ4n) is 3.71. The molecule has 160 valence electrons. The summed E-state index contributed by atoms with van der Waals surface area (Å²) in [5, 5.41) is 0. The molecular weight excluding hydrogens is 394 g/mol. The second-order valence-electron chi connectivity index (χ2n) is 7.86. The number of Topliss-reactive ketones (excluding diaryl/α,β-unsaturated/α-hetero) is 1. The van der Waals surface area contributed by atoms with Crippen molar-refractivity contribution in [3.05, 3.63) is 81.7 Å². The summed E-state index contributed by atoms with van der Waals surface area (Å²) in [5.74, 6) is 0.758. The number of ketones is 1. The predicted octanol–water partition coefficient (Wildman–Crippen LogP) is 4.54. The molecule has 0 unspecified atom stereocenters. The summed E-state index contributed by atoms with van der Waals surface area (Å²) in [5.41, 5.74) is 5.96. The molecule has 1 aliphatic rings.